The molecule has 4 heteroatoms. The van der Waals surface area contributed by atoms with Gasteiger partial charge in [0.25, 0.3) is 5.56 Å². The third-order valence-electron chi connectivity index (χ3n) is 1.86. The lowest BCUT2D eigenvalue weighted by Crippen LogP contribution is -2.03. The third kappa shape index (κ3) is 1.22. The number of nitrogens with one attached hydrogen (secondary N) is 1. The number of nitrogens with zero attached hydrogens (tertiary/aromatic N) is 1. The molecule has 1 heterocycles. The van der Waals surface area contributed by atoms with Crippen LogP contribution in [0.4, 0.5) is 5.69 Å². The first-order valence-electron chi connectivity index (χ1n) is 3.76. The van der Waals surface area contributed by atoms with Crippen molar-refractivity contribution in [1.29, 1.82) is 0 Å². The van der Waals surface area contributed by atoms with Gasteiger partial charge < -0.3 is 4.98 Å². The minimum atomic E-state index is -0.206. The standard InChI is InChI=1S/C9H6N2O2/c12-9-8-5-7(11-13)2-1-6(8)3-4-10-9/h1-5H,(H,10,12). The van der Waals surface area contributed by atoms with Crippen LogP contribution >= 0.6 is 0 Å². The maximum absolute atomic E-state index is 11.2. The van der Waals surface area contributed by atoms with E-state index < -0.39 is 0 Å². The van der Waals surface area contributed by atoms with Crippen LogP contribution < -0.4 is 5.56 Å². The lowest BCUT2D eigenvalue weighted by atomic mass is 10.1. The zero-order valence-electron chi connectivity index (χ0n) is 6.65. The Morgan fingerprint density at radius 2 is 2.08 bits per heavy atom. The van der Waals surface area contributed by atoms with Crippen LogP contribution in [0, 0.1) is 4.91 Å². The van der Waals surface area contributed by atoms with Gasteiger partial charge in [-0.25, -0.2) is 0 Å². The van der Waals surface area contributed by atoms with Crippen LogP contribution in [0.2, 0.25) is 0 Å². The van der Waals surface area contributed by atoms with Gasteiger partial charge in [0.05, 0.1) is 0 Å². The number of nitroso groups, excluding NO2 is 1. The van der Waals surface area contributed by atoms with Crippen molar-refractivity contribution in [2.24, 2.45) is 5.18 Å². The van der Waals surface area contributed by atoms with E-state index in [1.54, 1.807) is 24.4 Å². The predicted molar refractivity (Wildman–Crippen MR) is 50.0 cm³/mol. The van der Waals surface area contributed by atoms with E-state index in [9.17, 15) is 9.70 Å². The number of benzene rings is 1. The van der Waals surface area contributed by atoms with Gasteiger partial charge in [-0.2, -0.15) is 0 Å². The van der Waals surface area contributed by atoms with Crippen molar-refractivity contribution < 1.29 is 0 Å². The van der Waals surface area contributed by atoms with Gasteiger partial charge in [-0.3, -0.25) is 4.79 Å². The number of H-pyrrole nitrogens is 1. The van der Waals surface area contributed by atoms with E-state index >= 15 is 0 Å². The summed E-state index contributed by atoms with van der Waals surface area (Å²) >= 11 is 0. The molecule has 2 rings (SSSR count). The van der Waals surface area contributed by atoms with E-state index in [1.165, 1.54) is 6.07 Å². The molecule has 0 saturated heterocycles. The number of aromatic nitrogens is 1. The van der Waals surface area contributed by atoms with E-state index in [0.29, 0.717) is 5.39 Å². The molecule has 0 unspecified atom stereocenters. The van der Waals surface area contributed by atoms with E-state index in [4.69, 9.17) is 0 Å². The predicted octanol–water partition coefficient (Wildman–Crippen LogP) is 1.93. The molecule has 2 aromatic rings. The van der Waals surface area contributed by atoms with E-state index in [-0.39, 0.29) is 11.2 Å². The molecule has 0 aliphatic heterocycles. The summed E-state index contributed by atoms with van der Waals surface area (Å²) in [5.74, 6) is 0. The molecule has 0 fully saturated rings. The average molecular weight is 174 g/mol. The summed E-state index contributed by atoms with van der Waals surface area (Å²) in [6, 6.07) is 6.52. The molecule has 0 radical (unpaired) electrons. The maximum atomic E-state index is 11.2. The molecule has 0 saturated carbocycles. The summed E-state index contributed by atoms with van der Waals surface area (Å²) in [5.41, 5.74) is 0.0622. The normalized spacial score (nSPS) is 10.2. The minimum Gasteiger partial charge on any atom is -0.329 e. The Labute approximate surface area is 73.2 Å². The monoisotopic (exact) mass is 174 g/mol. The van der Waals surface area contributed by atoms with Gasteiger partial charge >= 0.3 is 0 Å². The Hall–Kier alpha value is -1.97. The van der Waals surface area contributed by atoms with E-state index in [0.717, 1.165) is 5.39 Å². The fraction of sp³-hybridized carbons (Fsp3) is 0. The Balaban J connectivity index is 2.90. The number of aromatic amines is 1. The number of fused-ring (bicyclic) bond motifs is 1. The van der Waals surface area contributed by atoms with Gasteiger partial charge in [0, 0.05) is 11.6 Å². The molecule has 1 N–H and O–H groups in total. The number of rotatable bonds is 1. The zero-order chi connectivity index (χ0) is 9.26. The van der Waals surface area contributed by atoms with E-state index in [2.05, 4.69) is 10.2 Å². The van der Waals surface area contributed by atoms with Crippen molar-refractivity contribution in [3.63, 3.8) is 0 Å². The SMILES string of the molecule is O=Nc1ccc2cc[nH]c(=O)c2c1. The molecule has 13 heavy (non-hydrogen) atoms. The lowest BCUT2D eigenvalue weighted by Gasteiger charge is -1.95. The van der Waals surface area contributed by atoms with Crippen LogP contribution in [0.1, 0.15) is 0 Å². The Kier molecular flexibility index (Phi) is 1.66. The topological polar surface area (TPSA) is 62.3 Å². The van der Waals surface area contributed by atoms with Crippen molar-refractivity contribution >= 4 is 16.5 Å². The Bertz CT molecular complexity index is 516. The van der Waals surface area contributed by atoms with Crippen LogP contribution in [-0.2, 0) is 0 Å². The van der Waals surface area contributed by atoms with Gasteiger partial charge in [-0.05, 0) is 28.8 Å². The second-order valence-corrected chi connectivity index (χ2v) is 2.67. The minimum absolute atomic E-state index is 0.206. The summed E-state index contributed by atoms with van der Waals surface area (Å²) in [6.45, 7) is 0. The molecule has 4 nitrogen and oxygen atoms in total. The van der Waals surface area contributed by atoms with Crippen LogP contribution in [0.15, 0.2) is 40.4 Å². The highest BCUT2D eigenvalue weighted by molar-refractivity contribution is 5.83. The smallest absolute Gasteiger partial charge is 0.255 e. The maximum Gasteiger partial charge on any atom is 0.255 e. The molecule has 64 valence electrons. The zero-order valence-corrected chi connectivity index (χ0v) is 6.65. The Morgan fingerprint density at radius 3 is 2.85 bits per heavy atom. The second kappa shape index (κ2) is 2.82. The van der Waals surface area contributed by atoms with Crippen molar-refractivity contribution in [2.75, 3.05) is 0 Å². The highest BCUT2D eigenvalue weighted by Crippen LogP contribution is 2.17. The largest absolute Gasteiger partial charge is 0.329 e. The van der Waals surface area contributed by atoms with Crippen molar-refractivity contribution in [2.45, 2.75) is 0 Å². The second-order valence-electron chi connectivity index (χ2n) is 2.67. The molecule has 0 atom stereocenters. The average Bonchev–Trinajstić information content (AvgIpc) is 2.18. The van der Waals surface area contributed by atoms with Crippen molar-refractivity contribution in [1.82, 2.24) is 4.98 Å². The van der Waals surface area contributed by atoms with Gasteiger partial charge in [-0.1, -0.05) is 6.07 Å². The molecule has 0 amide bonds. The van der Waals surface area contributed by atoms with Crippen molar-refractivity contribution in [3.05, 3.63) is 45.7 Å². The molecule has 1 aromatic carbocycles. The summed E-state index contributed by atoms with van der Waals surface area (Å²) < 4.78 is 0. The van der Waals surface area contributed by atoms with Crippen LogP contribution in [0.25, 0.3) is 10.8 Å². The number of hydrogen-bond donors (Lipinski definition) is 1. The van der Waals surface area contributed by atoms with Gasteiger partial charge in [0.15, 0.2) is 0 Å². The highest BCUT2D eigenvalue weighted by Gasteiger charge is 1.98. The number of hydrogen-bond acceptors (Lipinski definition) is 3. The molecular weight excluding hydrogens is 168 g/mol. The molecular formula is C9H6N2O2. The van der Waals surface area contributed by atoms with Gasteiger partial charge in [0.1, 0.15) is 5.69 Å². The lowest BCUT2D eigenvalue weighted by molar-refractivity contribution is 1.28. The van der Waals surface area contributed by atoms with Crippen LogP contribution in [-0.4, -0.2) is 4.98 Å². The molecule has 0 aliphatic rings. The van der Waals surface area contributed by atoms with Gasteiger partial charge in [0.2, 0.25) is 0 Å². The summed E-state index contributed by atoms with van der Waals surface area (Å²) in [5, 5.41) is 4.05. The quantitative estimate of drug-likeness (QED) is 0.671. The first kappa shape index (κ1) is 7.67. The first-order valence-corrected chi connectivity index (χ1v) is 3.76. The fourth-order valence-electron chi connectivity index (χ4n) is 1.23. The summed E-state index contributed by atoms with van der Waals surface area (Å²) in [7, 11) is 0. The molecule has 0 aliphatic carbocycles. The first-order chi connectivity index (χ1) is 6.31. The van der Waals surface area contributed by atoms with E-state index in [1.807, 2.05) is 0 Å². The molecule has 0 bridgehead atoms. The van der Waals surface area contributed by atoms with Crippen LogP contribution in [0.5, 0.6) is 0 Å². The third-order valence-corrected chi connectivity index (χ3v) is 1.86. The Morgan fingerprint density at radius 1 is 1.23 bits per heavy atom. The van der Waals surface area contributed by atoms with Crippen LogP contribution in [0.3, 0.4) is 0 Å². The molecule has 0 spiro atoms. The molecule has 1 aromatic heterocycles. The number of pyridine rings is 1. The van der Waals surface area contributed by atoms with Crippen molar-refractivity contribution in [3.8, 4) is 0 Å². The van der Waals surface area contributed by atoms with Gasteiger partial charge in [-0.15, -0.1) is 4.91 Å². The fourth-order valence-corrected chi connectivity index (χ4v) is 1.23. The summed E-state index contributed by atoms with van der Waals surface area (Å²) in [6.07, 6.45) is 1.57. The summed E-state index contributed by atoms with van der Waals surface area (Å²) in [4.78, 5) is 24.0. The highest BCUT2D eigenvalue weighted by atomic mass is 16.3.